The van der Waals surface area contributed by atoms with Crippen LogP contribution < -0.4 is 10.6 Å². The molecule has 1 aliphatic rings. The summed E-state index contributed by atoms with van der Waals surface area (Å²) in [6, 6.07) is 9.65. The van der Waals surface area contributed by atoms with Gasteiger partial charge in [0.05, 0.1) is 12.6 Å². The van der Waals surface area contributed by atoms with Crippen molar-refractivity contribution in [3.63, 3.8) is 0 Å². The molecule has 4 rings (SSSR count). The Bertz CT molecular complexity index is 1090. The predicted molar refractivity (Wildman–Crippen MR) is 125 cm³/mol. The van der Waals surface area contributed by atoms with Gasteiger partial charge in [0.2, 0.25) is 5.76 Å². The number of hydrogen-bond donors (Lipinski definition) is 3. The maximum absolute atomic E-state index is 9.93. The maximum Gasteiger partial charge on any atom is 0.210 e. The molecule has 0 bridgehead atoms. The van der Waals surface area contributed by atoms with E-state index < -0.39 is 6.10 Å². The zero-order valence-electron chi connectivity index (χ0n) is 18.8. The number of nitrogens with zero attached hydrogens (tertiary/aromatic N) is 5. The average molecular weight is 451 g/mol. The first-order valence-electron chi connectivity index (χ1n) is 11.2. The summed E-state index contributed by atoms with van der Waals surface area (Å²) in [5.74, 6) is 7.12. The third-order valence-electron chi connectivity index (χ3n) is 5.85. The summed E-state index contributed by atoms with van der Waals surface area (Å²) in [7, 11) is 0. The molecule has 2 atom stereocenters. The smallest absolute Gasteiger partial charge is 0.210 e. The monoisotopic (exact) mass is 450 g/mol. The van der Waals surface area contributed by atoms with Crippen molar-refractivity contribution < 1.29 is 14.7 Å². The third kappa shape index (κ3) is 5.43. The van der Waals surface area contributed by atoms with E-state index in [-0.39, 0.29) is 19.2 Å². The number of rotatable bonds is 7. The molecule has 4 N–H and O–H groups in total. The lowest BCUT2D eigenvalue weighted by Crippen LogP contribution is -2.47. The molecule has 0 aliphatic carbocycles. The second kappa shape index (κ2) is 10.6. The Balaban J connectivity index is 1.41. The van der Waals surface area contributed by atoms with Crippen LogP contribution in [-0.4, -0.2) is 75.7 Å². The molecular formula is C24H30N6O3. The van der Waals surface area contributed by atoms with Crippen molar-refractivity contribution in [2.75, 3.05) is 50.8 Å². The number of nitrogens with two attached hydrogens (primary N) is 1. The van der Waals surface area contributed by atoms with Crippen molar-refractivity contribution in [3.8, 4) is 11.8 Å². The highest BCUT2D eigenvalue weighted by Crippen LogP contribution is 2.22. The van der Waals surface area contributed by atoms with Gasteiger partial charge in [-0.2, -0.15) is 0 Å². The number of benzene rings is 1. The highest BCUT2D eigenvalue weighted by molar-refractivity contribution is 5.51. The number of hydrogen-bond acceptors (Lipinski definition) is 8. The fraction of sp³-hybridized carbons (Fsp3) is 0.417. The van der Waals surface area contributed by atoms with Gasteiger partial charge in [0.1, 0.15) is 17.6 Å². The van der Waals surface area contributed by atoms with Gasteiger partial charge in [-0.25, -0.2) is 4.98 Å². The van der Waals surface area contributed by atoms with E-state index in [1.165, 1.54) is 5.69 Å². The zero-order valence-corrected chi connectivity index (χ0v) is 18.8. The van der Waals surface area contributed by atoms with Crippen LogP contribution in [0.15, 0.2) is 47.2 Å². The third-order valence-corrected chi connectivity index (χ3v) is 5.85. The van der Waals surface area contributed by atoms with Gasteiger partial charge in [-0.3, -0.25) is 4.90 Å². The number of aromatic nitrogens is 3. The first-order valence-corrected chi connectivity index (χ1v) is 11.2. The molecule has 2 aromatic heterocycles. The quantitative estimate of drug-likeness (QED) is 0.456. The molecule has 0 unspecified atom stereocenters. The Labute approximate surface area is 193 Å². The molecule has 9 nitrogen and oxygen atoms in total. The summed E-state index contributed by atoms with van der Waals surface area (Å²) < 4.78 is 7.22. The van der Waals surface area contributed by atoms with E-state index >= 15 is 0 Å². The lowest BCUT2D eigenvalue weighted by molar-refractivity contribution is 0.182. The van der Waals surface area contributed by atoms with Crippen LogP contribution in [-0.2, 0) is 0 Å². The van der Waals surface area contributed by atoms with Gasteiger partial charge in [0.25, 0.3) is 0 Å². The number of aliphatic hydroxyl groups excluding tert-OH is 2. The molecular weight excluding hydrogens is 420 g/mol. The molecule has 1 aromatic carbocycles. The molecule has 0 saturated carbocycles. The highest BCUT2D eigenvalue weighted by atomic mass is 16.5. The molecule has 0 spiro atoms. The minimum absolute atomic E-state index is 0.208. The molecule has 1 aliphatic heterocycles. The fourth-order valence-corrected chi connectivity index (χ4v) is 4.05. The number of aliphatic hydroxyl groups is 2. The SMILES string of the molecule is C[C@H](O)c1nccn1[C@H](CN)c1cc(C#Cc2ccc(N3CCN(CCO)CC3)cc2)on1. The number of anilines is 1. The van der Waals surface area contributed by atoms with Crippen LogP contribution in [0.1, 0.15) is 41.9 Å². The zero-order chi connectivity index (χ0) is 23.2. The Morgan fingerprint density at radius 2 is 1.91 bits per heavy atom. The average Bonchev–Trinajstić information content (AvgIpc) is 3.50. The van der Waals surface area contributed by atoms with E-state index in [0.717, 1.165) is 38.3 Å². The summed E-state index contributed by atoms with van der Waals surface area (Å²) in [5, 5.41) is 23.2. The second-order valence-electron chi connectivity index (χ2n) is 8.09. The lowest BCUT2D eigenvalue weighted by Gasteiger charge is -2.35. The summed E-state index contributed by atoms with van der Waals surface area (Å²) in [5.41, 5.74) is 8.67. The van der Waals surface area contributed by atoms with Crippen molar-refractivity contribution in [2.45, 2.75) is 19.1 Å². The van der Waals surface area contributed by atoms with Crippen LogP contribution in [0.5, 0.6) is 0 Å². The topological polar surface area (TPSA) is 117 Å². The van der Waals surface area contributed by atoms with Gasteiger partial charge in [0.15, 0.2) is 0 Å². The van der Waals surface area contributed by atoms with E-state index in [2.05, 4.69) is 43.9 Å². The molecule has 3 aromatic rings. The summed E-state index contributed by atoms with van der Waals surface area (Å²) in [4.78, 5) is 8.82. The van der Waals surface area contributed by atoms with Crippen LogP contribution in [0.4, 0.5) is 5.69 Å². The van der Waals surface area contributed by atoms with Crippen molar-refractivity contribution in [2.24, 2.45) is 5.73 Å². The number of β-amino-alcohol motifs (C(OH)–C–C–N with tert-alkyl or cyclic N) is 1. The first kappa shape index (κ1) is 23.0. The molecule has 174 valence electrons. The Hall–Kier alpha value is -3.16. The number of imidazole rings is 1. The van der Waals surface area contributed by atoms with E-state index in [9.17, 15) is 5.11 Å². The fourth-order valence-electron chi connectivity index (χ4n) is 4.05. The van der Waals surface area contributed by atoms with Crippen LogP contribution >= 0.6 is 0 Å². The van der Waals surface area contributed by atoms with Gasteiger partial charge < -0.3 is 29.9 Å². The summed E-state index contributed by atoms with van der Waals surface area (Å²) in [6.45, 7) is 6.69. The van der Waals surface area contributed by atoms with Crippen molar-refractivity contribution >= 4 is 5.69 Å². The van der Waals surface area contributed by atoms with E-state index in [0.29, 0.717) is 17.3 Å². The van der Waals surface area contributed by atoms with Gasteiger partial charge >= 0.3 is 0 Å². The normalized spacial score (nSPS) is 16.3. The molecule has 3 heterocycles. The van der Waals surface area contributed by atoms with E-state index in [1.54, 1.807) is 25.4 Å². The van der Waals surface area contributed by atoms with Crippen molar-refractivity contribution in [1.29, 1.82) is 0 Å². The molecule has 0 radical (unpaired) electrons. The van der Waals surface area contributed by atoms with Gasteiger partial charge in [0, 0.05) is 69.0 Å². The standard InChI is InChI=1S/C24H30N6O3/c1-18(32)24-26-8-9-30(24)23(17-25)22-16-21(33-27-22)7-4-19-2-5-20(6-3-19)29-12-10-28(11-13-29)14-15-31/h2-3,5-6,8-9,16,18,23,31-32H,10-15,17,25H2,1H3/t18-,23+/m0/s1. The Kier molecular flexibility index (Phi) is 7.42. The molecule has 1 fully saturated rings. The Morgan fingerprint density at radius 3 is 2.58 bits per heavy atom. The van der Waals surface area contributed by atoms with Crippen molar-refractivity contribution in [1.82, 2.24) is 19.6 Å². The van der Waals surface area contributed by atoms with E-state index in [1.807, 2.05) is 16.7 Å². The minimum atomic E-state index is -0.715. The second-order valence-corrected chi connectivity index (χ2v) is 8.09. The van der Waals surface area contributed by atoms with Crippen LogP contribution in [0.25, 0.3) is 0 Å². The maximum atomic E-state index is 9.93. The van der Waals surface area contributed by atoms with Crippen LogP contribution in [0.3, 0.4) is 0 Å². The van der Waals surface area contributed by atoms with Gasteiger partial charge in [-0.05, 0) is 37.1 Å². The molecule has 9 heteroatoms. The predicted octanol–water partition coefficient (Wildman–Crippen LogP) is 0.987. The summed E-state index contributed by atoms with van der Waals surface area (Å²) >= 11 is 0. The first-order chi connectivity index (χ1) is 16.1. The van der Waals surface area contributed by atoms with Crippen molar-refractivity contribution in [3.05, 3.63) is 65.6 Å². The van der Waals surface area contributed by atoms with E-state index in [4.69, 9.17) is 15.4 Å². The van der Waals surface area contributed by atoms with Gasteiger partial charge in [-0.1, -0.05) is 11.1 Å². The lowest BCUT2D eigenvalue weighted by atomic mass is 10.1. The Morgan fingerprint density at radius 1 is 1.15 bits per heavy atom. The van der Waals surface area contributed by atoms with Crippen LogP contribution in [0, 0.1) is 11.8 Å². The highest BCUT2D eigenvalue weighted by Gasteiger charge is 2.21. The van der Waals surface area contributed by atoms with Crippen LogP contribution in [0.2, 0.25) is 0 Å². The molecule has 1 saturated heterocycles. The minimum Gasteiger partial charge on any atom is -0.395 e. The van der Waals surface area contributed by atoms with Gasteiger partial charge in [-0.15, -0.1) is 0 Å². The largest absolute Gasteiger partial charge is 0.395 e. The number of piperazine rings is 1. The summed E-state index contributed by atoms with van der Waals surface area (Å²) in [6.07, 6.45) is 2.69. The molecule has 33 heavy (non-hydrogen) atoms. The molecule has 0 amide bonds.